The van der Waals surface area contributed by atoms with Crippen molar-refractivity contribution in [1.82, 2.24) is 5.32 Å². The van der Waals surface area contributed by atoms with E-state index < -0.39 is 9.84 Å². The van der Waals surface area contributed by atoms with Crippen LogP contribution in [0.3, 0.4) is 0 Å². The molecule has 0 bridgehead atoms. The molecule has 1 aliphatic rings. The van der Waals surface area contributed by atoms with Crippen LogP contribution in [0.4, 0.5) is 0 Å². The Labute approximate surface area is 126 Å². The van der Waals surface area contributed by atoms with Gasteiger partial charge in [-0.3, -0.25) is 4.79 Å². The third-order valence-corrected chi connectivity index (χ3v) is 5.32. The summed E-state index contributed by atoms with van der Waals surface area (Å²) in [4.78, 5) is 11.6. The Morgan fingerprint density at radius 2 is 2.25 bits per heavy atom. The number of carbonyl (C=O) groups is 1. The maximum atomic E-state index is 11.6. The fraction of sp³-hybridized carbons (Fsp3) is 0.462. The van der Waals surface area contributed by atoms with Crippen LogP contribution in [0.15, 0.2) is 28.7 Å². The number of halogens is 1. The van der Waals surface area contributed by atoms with E-state index in [1.54, 1.807) is 0 Å². The molecule has 1 heterocycles. The van der Waals surface area contributed by atoms with Crippen LogP contribution in [-0.4, -0.2) is 38.5 Å². The molecule has 0 radical (unpaired) electrons. The van der Waals surface area contributed by atoms with E-state index in [9.17, 15) is 13.2 Å². The smallest absolute Gasteiger partial charge is 0.320 e. The number of nitrogens with one attached hydrogen (secondary N) is 1. The summed E-state index contributed by atoms with van der Waals surface area (Å²) in [5.41, 5.74) is 0.899. The van der Waals surface area contributed by atoms with Crippen LogP contribution in [0.1, 0.15) is 12.0 Å². The van der Waals surface area contributed by atoms with E-state index in [4.69, 9.17) is 4.74 Å². The van der Waals surface area contributed by atoms with Gasteiger partial charge < -0.3 is 10.1 Å². The van der Waals surface area contributed by atoms with E-state index in [0.717, 1.165) is 10.0 Å². The zero-order valence-electron chi connectivity index (χ0n) is 10.8. The summed E-state index contributed by atoms with van der Waals surface area (Å²) in [6.45, 7) is 0.247. The molecular weight excluding hydrogens is 346 g/mol. The quantitative estimate of drug-likeness (QED) is 0.799. The van der Waals surface area contributed by atoms with Gasteiger partial charge in [0.15, 0.2) is 9.84 Å². The lowest BCUT2D eigenvalue weighted by atomic mass is 10.2. The number of carbonyl (C=O) groups excluding carboxylic acids is 1. The largest absolute Gasteiger partial charge is 0.460 e. The molecule has 1 fully saturated rings. The predicted octanol–water partition coefficient (Wildman–Crippen LogP) is 1.27. The third-order valence-electron chi connectivity index (χ3n) is 3.06. The number of hydrogen-bond acceptors (Lipinski definition) is 5. The Morgan fingerprint density at radius 3 is 2.90 bits per heavy atom. The monoisotopic (exact) mass is 361 g/mol. The second-order valence-corrected chi connectivity index (χ2v) is 7.92. The first-order chi connectivity index (χ1) is 9.44. The average molecular weight is 362 g/mol. The van der Waals surface area contributed by atoms with Gasteiger partial charge in [-0.2, -0.15) is 0 Å². The van der Waals surface area contributed by atoms with Crippen molar-refractivity contribution in [2.24, 2.45) is 0 Å². The summed E-state index contributed by atoms with van der Waals surface area (Å²) in [6, 6.07) is 7.38. The van der Waals surface area contributed by atoms with Crippen LogP contribution in [0.25, 0.3) is 0 Å². The summed E-state index contributed by atoms with van der Waals surface area (Å²) in [6.07, 6.45) is 0.557. The molecule has 1 aromatic rings. The van der Waals surface area contributed by atoms with Crippen LogP contribution >= 0.6 is 15.9 Å². The van der Waals surface area contributed by atoms with Crippen LogP contribution in [0.5, 0.6) is 0 Å². The molecule has 1 aliphatic heterocycles. The lowest BCUT2D eigenvalue weighted by Gasteiger charge is -2.10. The van der Waals surface area contributed by atoms with Crippen molar-refractivity contribution in [3.8, 4) is 0 Å². The molecule has 5 nitrogen and oxygen atoms in total. The summed E-state index contributed by atoms with van der Waals surface area (Å²) in [7, 11) is -2.92. The highest BCUT2D eigenvalue weighted by atomic mass is 79.9. The highest BCUT2D eigenvalue weighted by Gasteiger charge is 2.27. The third kappa shape index (κ3) is 4.88. The zero-order valence-corrected chi connectivity index (χ0v) is 13.2. The molecule has 1 atom stereocenters. The molecular formula is C13H16BrNO4S. The second-order valence-electron chi connectivity index (χ2n) is 4.77. The van der Waals surface area contributed by atoms with E-state index in [1.165, 1.54) is 0 Å². The number of esters is 1. The van der Waals surface area contributed by atoms with Crippen LogP contribution in [0.2, 0.25) is 0 Å². The first-order valence-corrected chi connectivity index (χ1v) is 8.90. The van der Waals surface area contributed by atoms with Crippen molar-refractivity contribution >= 4 is 31.7 Å². The molecule has 0 aliphatic carbocycles. The molecule has 20 heavy (non-hydrogen) atoms. The molecule has 1 aromatic carbocycles. The van der Waals surface area contributed by atoms with Gasteiger partial charge in [-0.15, -0.1) is 0 Å². The van der Waals surface area contributed by atoms with E-state index in [-0.39, 0.29) is 36.7 Å². The standard InChI is InChI=1S/C13H16BrNO4S/c14-11-3-1-2-10(6-11)8-19-13(16)7-15-12-4-5-20(17,18)9-12/h1-3,6,12,15H,4-5,7-9H2. The van der Waals surface area contributed by atoms with Gasteiger partial charge in [0.1, 0.15) is 6.61 Å². The van der Waals surface area contributed by atoms with Crippen molar-refractivity contribution in [2.45, 2.75) is 19.1 Å². The minimum Gasteiger partial charge on any atom is -0.460 e. The zero-order chi connectivity index (χ0) is 14.6. The Bertz CT molecular complexity index is 588. The van der Waals surface area contributed by atoms with Crippen LogP contribution < -0.4 is 5.32 Å². The molecule has 1 N–H and O–H groups in total. The molecule has 0 saturated carbocycles. The molecule has 1 unspecified atom stereocenters. The van der Waals surface area contributed by atoms with Crippen molar-refractivity contribution in [1.29, 1.82) is 0 Å². The van der Waals surface area contributed by atoms with Gasteiger partial charge in [-0.05, 0) is 24.1 Å². The Hall–Kier alpha value is -0.920. The number of rotatable bonds is 5. The normalized spacial score (nSPS) is 20.8. The molecule has 7 heteroatoms. The first-order valence-electron chi connectivity index (χ1n) is 6.28. The highest BCUT2D eigenvalue weighted by molar-refractivity contribution is 9.10. The van der Waals surface area contributed by atoms with Gasteiger partial charge in [-0.1, -0.05) is 28.1 Å². The van der Waals surface area contributed by atoms with E-state index in [0.29, 0.717) is 6.42 Å². The first kappa shape index (κ1) is 15.5. The number of sulfone groups is 1. The molecule has 2 rings (SSSR count). The number of hydrogen-bond donors (Lipinski definition) is 1. The van der Waals surface area contributed by atoms with Gasteiger partial charge >= 0.3 is 5.97 Å². The van der Waals surface area contributed by atoms with Gasteiger partial charge in [0, 0.05) is 10.5 Å². The molecule has 110 valence electrons. The van der Waals surface area contributed by atoms with Gasteiger partial charge in [0.05, 0.1) is 18.1 Å². The van der Waals surface area contributed by atoms with Crippen molar-refractivity contribution in [3.63, 3.8) is 0 Å². The van der Waals surface area contributed by atoms with Gasteiger partial charge in [0.2, 0.25) is 0 Å². The van der Waals surface area contributed by atoms with Crippen LogP contribution in [0, 0.1) is 0 Å². The van der Waals surface area contributed by atoms with Crippen molar-refractivity contribution in [2.75, 3.05) is 18.1 Å². The lowest BCUT2D eigenvalue weighted by molar-refractivity contribution is -0.143. The summed E-state index contributed by atoms with van der Waals surface area (Å²) < 4.78 is 28.6. The average Bonchev–Trinajstić information content (AvgIpc) is 2.74. The molecule has 0 aromatic heterocycles. The van der Waals surface area contributed by atoms with Gasteiger partial charge in [0.25, 0.3) is 0 Å². The molecule has 1 saturated heterocycles. The Morgan fingerprint density at radius 1 is 1.45 bits per heavy atom. The highest BCUT2D eigenvalue weighted by Crippen LogP contribution is 2.13. The molecule has 0 spiro atoms. The predicted molar refractivity (Wildman–Crippen MR) is 79.0 cm³/mol. The topological polar surface area (TPSA) is 72.5 Å². The van der Waals surface area contributed by atoms with Crippen molar-refractivity contribution < 1.29 is 17.9 Å². The summed E-state index contributed by atoms with van der Waals surface area (Å²) in [5.74, 6) is -0.0850. The fourth-order valence-electron chi connectivity index (χ4n) is 2.03. The van der Waals surface area contributed by atoms with Gasteiger partial charge in [-0.25, -0.2) is 8.42 Å². The summed E-state index contributed by atoms with van der Waals surface area (Å²) >= 11 is 3.35. The SMILES string of the molecule is O=C(CNC1CCS(=O)(=O)C1)OCc1cccc(Br)c1. The maximum Gasteiger partial charge on any atom is 0.320 e. The fourth-order valence-corrected chi connectivity index (χ4v) is 4.18. The number of benzene rings is 1. The minimum atomic E-state index is -2.92. The van der Waals surface area contributed by atoms with E-state index in [1.807, 2.05) is 24.3 Å². The maximum absolute atomic E-state index is 11.6. The second kappa shape index (κ2) is 6.69. The Kier molecular flexibility index (Phi) is 5.17. The summed E-state index contributed by atoms with van der Waals surface area (Å²) in [5, 5.41) is 2.92. The Balaban J connectivity index is 1.71. The number of ether oxygens (including phenoxy) is 1. The minimum absolute atomic E-state index is 0.0359. The molecule has 0 amide bonds. The van der Waals surface area contributed by atoms with E-state index >= 15 is 0 Å². The van der Waals surface area contributed by atoms with E-state index in [2.05, 4.69) is 21.2 Å². The van der Waals surface area contributed by atoms with Crippen molar-refractivity contribution in [3.05, 3.63) is 34.3 Å². The van der Waals surface area contributed by atoms with Crippen LogP contribution in [-0.2, 0) is 26.0 Å². The lowest BCUT2D eigenvalue weighted by Crippen LogP contribution is -2.35.